The molecule has 0 saturated heterocycles. The molecule has 0 amide bonds. The molecular weight excluding hydrogens is 167 g/mol. The van der Waals surface area contributed by atoms with Crippen LogP contribution < -0.4 is 0 Å². The quantitative estimate of drug-likeness (QED) is 0.676. The lowest BCUT2D eigenvalue weighted by Gasteiger charge is -2.05. The molecule has 2 N–H and O–H groups in total. The van der Waals surface area contributed by atoms with Crippen molar-refractivity contribution in [1.29, 1.82) is 0 Å². The van der Waals surface area contributed by atoms with Crippen LogP contribution in [0.3, 0.4) is 0 Å². The number of rotatable bonds is 3. The first kappa shape index (κ1) is 10.2. The molecule has 0 saturated carbocycles. The number of hydrogen-bond acceptors (Lipinski definition) is 3. The Morgan fingerprint density at radius 2 is 1.69 bits per heavy atom. The van der Waals surface area contributed by atoms with Crippen LogP contribution in [0.5, 0.6) is 0 Å². The Balaban J connectivity index is 2.66. The smallest absolute Gasteiger partial charge is 0.402 e. The monoisotopic (exact) mass is 180 g/mol. The number of hydrogen-bond donors (Lipinski definition) is 2. The van der Waals surface area contributed by atoms with Gasteiger partial charge < -0.3 is 14.7 Å². The second-order valence-electron chi connectivity index (χ2n) is 3.13. The van der Waals surface area contributed by atoms with Gasteiger partial charge in [0.05, 0.1) is 6.61 Å². The molecule has 1 aromatic rings. The SMILES string of the molecule is Cc1cc(C)cc(COB(O)O)c1. The van der Waals surface area contributed by atoms with Gasteiger partial charge in [0, 0.05) is 0 Å². The van der Waals surface area contributed by atoms with Gasteiger partial charge >= 0.3 is 7.32 Å². The van der Waals surface area contributed by atoms with Gasteiger partial charge in [-0.25, -0.2) is 0 Å². The van der Waals surface area contributed by atoms with Crippen molar-refractivity contribution < 1.29 is 14.7 Å². The van der Waals surface area contributed by atoms with Gasteiger partial charge in [-0.2, -0.15) is 0 Å². The Labute approximate surface area is 78.2 Å². The molecule has 0 spiro atoms. The molecule has 0 aliphatic carbocycles. The first-order chi connectivity index (χ1) is 6.08. The van der Waals surface area contributed by atoms with Gasteiger partial charge in [0.2, 0.25) is 0 Å². The van der Waals surface area contributed by atoms with E-state index in [2.05, 4.69) is 10.7 Å². The van der Waals surface area contributed by atoms with Crippen LogP contribution in [0.25, 0.3) is 0 Å². The number of benzene rings is 1. The fourth-order valence-electron chi connectivity index (χ4n) is 1.32. The highest BCUT2D eigenvalue weighted by Gasteiger charge is 2.08. The third kappa shape index (κ3) is 3.59. The first-order valence-electron chi connectivity index (χ1n) is 4.13. The Bertz CT molecular complexity index is 266. The van der Waals surface area contributed by atoms with Crippen LogP contribution in [0, 0.1) is 13.8 Å². The predicted octanol–water partition coefficient (Wildman–Crippen LogP) is 0.790. The van der Waals surface area contributed by atoms with Crippen molar-refractivity contribution in [3.63, 3.8) is 0 Å². The molecule has 0 aliphatic rings. The lowest BCUT2D eigenvalue weighted by atomic mass is 10.1. The van der Waals surface area contributed by atoms with Crippen molar-refractivity contribution in [2.75, 3.05) is 0 Å². The summed E-state index contributed by atoms with van der Waals surface area (Å²) in [5.41, 5.74) is 3.24. The standard InChI is InChI=1S/C9H13BO3/c1-7-3-8(2)5-9(4-7)6-13-10(11)12/h3-5,11-12H,6H2,1-2H3. The molecule has 4 heteroatoms. The van der Waals surface area contributed by atoms with Gasteiger partial charge in [-0.3, -0.25) is 0 Å². The van der Waals surface area contributed by atoms with Crippen molar-refractivity contribution in [3.05, 3.63) is 34.9 Å². The average Bonchev–Trinajstić information content (AvgIpc) is 1.99. The summed E-state index contributed by atoms with van der Waals surface area (Å²) in [5, 5.41) is 17.0. The van der Waals surface area contributed by atoms with Gasteiger partial charge in [0.15, 0.2) is 0 Å². The predicted molar refractivity (Wildman–Crippen MR) is 50.9 cm³/mol. The minimum Gasteiger partial charge on any atom is -0.402 e. The Morgan fingerprint density at radius 1 is 1.15 bits per heavy atom. The van der Waals surface area contributed by atoms with Crippen LogP contribution in [0.15, 0.2) is 18.2 Å². The highest BCUT2D eigenvalue weighted by molar-refractivity contribution is 6.32. The van der Waals surface area contributed by atoms with Gasteiger partial charge in [0.1, 0.15) is 0 Å². The lowest BCUT2D eigenvalue weighted by Crippen LogP contribution is -2.16. The second kappa shape index (κ2) is 4.41. The van der Waals surface area contributed by atoms with E-state index in [9.17, 15) is 0 Å². The zero-order valence-corrected chi connectivity index (χ0v) is 7.82. The fraction of sp³-hybridized carbons (Fsp3) is 0.333. The molecule has 0 radical (unpaired) electrons. The summed E-state index contributed by atoms with van der Waals surface area (Å²) in [6, 6.07) is 5.96. The average molecular weight is 180 g/mol. The summed E-state index contributed by atoms with van der Waals surface area (Å²) in [6.07, 6.45) is 0. The molecule has 13 heavy (non-hydrogen) atoms. The molecule has 0 aliphatic heterocycles. The summed E-state index contributed by atoms with van der Waals surface area (Å²) in [7, 11) is -1.69. The first-order valence-corrected chi connectivity index (χ1v) is 4.13. The zero-order valence-electron chi connectivity index (χ0n) is 7.82. The minimum absolute atomic E-state index is 0.222. The van der Waals surface area contributed by atoms with Gasteiger partial charge in [-0.1, -0.05) is 29.3 Å². The van der Waals surface area contributed by atoms with Crippen LogP contribution in [0.4, 0.5) is 0 Å². The number of aryl methyl sites for hydroxylation is 2. The van der Waals surface area contributed by atoms with E-state index in [1.807, 2.05) is 26.0 Å². The van der Waals surface area contributed by atoms with Crippen molar-refractivity contribution in [1.82, 2.24) is 0 Å². The van der Waals surface area contributed by atoms with Crippen molar-refractivity contribution in [2.45, 2.75) is 20.5 Å². The van der Waals surface area contributed by atoms with Gasteiger partial charge in [0.25, 0.3) is 0 Å². The van der Waals surface area contributed by atoms with E-state index in [1.165, 1.54) is 0 Å². The van der Waals surface area contributed by atoms with E-state index >= 15 is 0 Å². The Kier molecular flexibility index (Phi) is 3.48. The van der Waals surface area contributed by atoms with Crippen LogP contribution in [-0.2, 0) is 11.3 Å². The highest BCUT2D eigenvalue weighted by atomic mass is 16.6. The van der Waals surface area contributed by atoms with E-state index in [-0.39, 0.29) is 6.61 Å². The van der Waals surface area contributed by atoms with Crippen LogP contribution >= 0.6 is 0 Å². The summed E-state index contributed by atoms with van der Waals surface area (Å²) in [4.78, 5) is 0. The van der Waals surface area contributed by atoms with Crippen LogP contribution in [0.1, 0.15) is 16.7 Å². The topological polar surface area (TPSA) is 49.7 Å². The molecule has 0 fully saturated rings. The zero-order chi connectivity index (χ0) is 9.84. The molecule has 0 unspecified atom stereocenters. The third-order valence-corrected chi connectivity index (χ3v) is 1.68. The molecule has 0 atom stereocenters. The molecule has 1 rings (SSSR count). The maximum atomic E-state index is 8.49. The highest BCUT2D eigenvalue weighted by Crippen LogP contribution is 2.09. The van der Waals surface area contributed by atoms with E-state index in [0.717, 1.165) is 16.7 Å². The van der Waals surface area contributed by atoms with E-state index in [0.29, 0.717) is 0 Å². The molecule has 3 nitrogen and oxygen atoms in total. The Morgan fingerprint density at radius 3 is 2.15 bits per heavy atom. The van der Waals surface area contributed by atoms with Gasteiger partial charge in [-0.15, -0.1) is 0 Å². The Hall–Kier alpha value is -0.835. The molecule has 70 valence electrons. The molecule has 0 aromatic heterocycles. The van der Waals surface area contributed by atoms with E-state index in [1.54, 1.807) is 0 Å². The summed E-state index contributed by atoms with van der Waals surface area (Å²) < 4.78 is 4.65. The van der Waals surface area contributed by atoms with E-state index in [4.69, 9.17) is 10.0 Å². The van der Waals surface area contributed by atoms with Crippen LogP contribution in [0.2, 0.25) is 0 Å². The fourth-order valence-corrected chi connectivity index (χ4v) is 1.32. The maximum absolute atomic E-state index is 8.49. The maximum Gasteiger partial charge on any atom is 0.634 e. The summed E-state index contributed by atoms with van der Waals surface area (Å²) >= 11 is 0. The van der Waals surface area contributed by atoms with Crippen molar-refractivity contribution in [2.24, 2.45) is 0 Å². The normalized spacial score (nSPS) is 10.2. The van der Waals surface area contributed by atoms with E-state index < -0.39 is 7.32 Å². The van der Waals surface area contributed by atoms with Crippen LogP contribution in [-0.4, -0.2) is 17.4 Å². The molecule has 0 heterocycles. The minimum atomic E-state index is -1.69. The molecule has 0 bridgehead atoms. The molecular formula is C9H13BO3. The van der Waals surface area contributed by atoms with Gasteiger partial charge in [-0.05, 0) is 19.4 Å². The third-order valence-electron chi connectivity index (χ3n) is 1.68. The second-order valence-corrected chi connectivity index (χ2v) is 3.13. The summed E-state index contributed by atoms with van der Waals surface area (Å²) in [5.74, 6) is 0. The lowest BCUT2D eigenvalue weighted by molar-refractivity contribution is 0.177. The molecule has 1 aromatic carbocycles. The largest absolute Gasteiger partial charge is 0.634 e. The van der Waals surface area contributed by atoms with Crippen molar-refractivity contribution in [3.8, 4) is 0 Å². The summed E-state index contributed by atoms with van der Waals surface area (Å²) in [6.45, 7) is 4.21. The van der Waals surface area contributed by atoms with Crippen molar-refractivity contribution >= 4 is 7.32 Å².